The smallest absolute Gasteiger partial charge is 0.259 e. The zero-order chi connectivity index (χ0) is 24.5. The van der Waals surface area contributed by atoms with Crippen LogP contribution in [0.1, 0.15) is 21.7 Å². The first-order valence-corrected chi connectivity index (χ1v) is 11.8. The first-order chi connectivity index (χ1) is 16.9. The zero-order valence-corrected chi connectivity index (χ0v) is 19.9. The number of hydrogen-bond donors (Lipinski definition) is 0. The number of carbonyl (C=O) groups excluding carboxylic acids is 1. The number of anilines is 1. The minimum atomic E-state index is -0.291. The number of benzene rings is 2. The summed E-state index contributed by atoms with van der Waals surface area (Å²) in [5.74, 6) is 0.827. The summed E-state index contributed by atoms with van der Waals surface area (Å²) in [4.78, 5) is 29.9. The van der Waals surface area contributed by atoms with Crippen molar-refractivity contribution in [2.45, 2.75) is 26.5 Å². The van der Waals surface area contributed by atoms with E-state index in [1.54, 1.807) is 30.0 Å². The third kappa shape index (κ3) is 4.48. The molecule has 7 nitrogen and oxygen atoms in total. The van der Waals surface area contributed by atoms with E-state index in [1.165, 1.54) is 12.1 Å². The molecule has 2 aliphatic rings. The number of aryl methyl sites for hydroxylation is 1. The maximum atomic E-state index is 14.2. The molecule has 0 spiro atoms. The molecule has 3 aromatic rings. The Morgan fingerprint density at radius 3 is 2.43 bits per heavy atom. The van der Waals surface area contributed by atoms with Crippen LogP contribution < -0.4 is 19.8 Å². The fraction of sp³-hybridized carbons (Fsp3) is 0.333. The molecule has 1 saturated heterocycles. The summed E-state index contributed by atoms with van der Waals surface area (Å²) in [6.07, 6.45) is -0.253. The Labute approximate surface area is 203 Å². The minimum absolute atomic E-state index is 0.173. The third-order valence-electron chi connectivity index (χ3n) is 6.71. The molecule has 0 N–H and O–H groups in total. The predicted molar refractivity (Wildman–Crippen MR) is 131 cm³/mol. The molecule has 35 heavy (non-hydrogen) atoms. The van der Waals surface area contributed by atoms with Gasteiger partial charge < -0.3 is 23.8 Å². The van der Waals surface area contributed by atoms with Gasteiger partial charge in [0.15, 0.2) is 23.0 Å². The maximum absolute atomic E-state index is 14.2. The van der Waals surface area contributed by atoms with Crippen molar-refractivity contribution >= 4 is 11.6 Å². The number of rotatable bonds is 4. The molecule has 8 heteroatoms. The van der Waals surface area contributed by atoms with Crippen LogP contribution in [-0.4, -0.2) is 54.3 Å². The van der Waals surface area contributed by atoms with Crippen LogP contribution in [0.3, 0.4) is 0 Å². The lowest BCUT2D eigenvalue weighted by atomic mass is 10.1. The topological polar surface area (TPSA) is 64.0 Å². The fourth-order valence-corrected chi connectivity index (χ4v) is 4.83. The summed E-state index contributed by atoms with van der Waals surface area (Å²) in [5.41, 5.74) is 1.79. The van der Waals surface area contributed by atoms with E-state index in [0.717, 1.165) is 5.69 Å². The van der Waals surface area contributed by atoms with Gasteiger partial charge >= 0.3 is 0 Å². The molecule has 0 saturated carbocycles. The Kier molecular flexibility index (Phi) is 6.19. The van der Waals surface area contributed by atoms with Gasteiger partial charge in [-0.3, -0.25) is 9.59 Å². The summed E-state index contributed by atoms with van der Waals surface area (Å²) in [7, 11) is 0. The number of piperazine rings is 1. The summed E-state index contributed by atoms with van der Waals surface area (Å²) in [5, 5.41) is 0. The van der Waals surface area contributed by atoms with Crippen molar-refractivity contribution in [1.82, 2.24) is 9.47 Å². The average Bonchev–Trinajstić information content (AvgIpc) is 2.86. The highest BCUT2D eigenvalue weighted by Gasteiger charge is 2.28. The van der Waals surface area contributed by atoms with Gasteiger partial charge in [-0.2, -0.15) is 0 Å². The minimum Gasteiger partial charge on any atom is -0.486 e. The largest absolute Gasteiger partial charge is 0.486 e. The standard InChI is InChI=1S/C27H28FN3O4/c1-18-15-23(32)26(19(2)31(18)16-20-17-34-24-9-5-6-10-25(24)35-20)27(33)30-13-11-29(12-14-30)22-8-4-3-7-21(22)28/h3-10,15,20H,11-14,16-17H2,1-2H3/t20-/m1/s1. The highest BCUT2D eigenvalue weighted by molar-refractivity contribution is 5.95. The molecular formula is C27H28FN3O4. The number of pyridine rings is 1. The van der Waals surface area contributed by atoms with Crippen molar-refractivity contribution in [2.24, 2.45) is 0 Å². The molecule has 1 amide bonds. The molecule has 0 aliphatic carbocycles. The molecule has 0 unspecified atom stereocenters. The van der Waals surface area contributed by atoms with E-state index in [4.69, 9.17) is 9.47 Å². The number of amides is 1. The number of carbonyl (C=O) groups is 1. The average molecular weight is 478 g/mol. The van der Waals surface area contributed by atoms with Crippen LogP contribution in [0.2, 0.25) is 0 Å². The second-order valence-corrected chi connectivity index (χ2v) is 8.95. The molecule has 182 valence electrons. The normalized spacial score (nSPS) is 17.4. The van der Waals surface area contributed by atoms with Crippen LogP contribution in [0.25, 0.3) is 0 Å². The monoisotopic (exact) mass is 477 g/mol. The number of fused-ring (bicyclic) bond motifs is 1. The van der Waals surface area contributed by atoms with Crippen molar-refractivity contribution in [2.75, 3.05) is 37.7 Å². The SMILES string of the molecule is Cc1cc(=O)c(C(=O)N2CCN(c3ccccc3F)CC2)c(C)n1C[C@@H]1COc2ccccc2O1. The second kappa shape index (κ2) is 9.44. The van der Waals surface area contributed by atoms with Crippen LogP contribution in [0.15, 0.2) is 59.4 Å². The molecular weight excluding hydrogens is 449 g/mol. The molecule has 1 aromatic heterocycles. The number of nitrogens with zero attached hydrogens (tertiary/aromatic N) is 3. The number of hydrogen-bond acceptors (Lipinski definition) is 5. The lowest BCUT2D eigenvalue weighted by Gasteiger charge is -2.36. The highest BCUT2D eigenvalue weighted by atomic mass is 19.1. The molecule has 2 aliphatic heterocycles. The quantitative estimate of drug-likeness (QED) is 0.576. The van der Waals surface area contributed by atoms with Crippen LogP contribution in [0.4, 0.5) is 10.1 Å². The van der Waals surface area contributed by atoms with Crippen molar-refractivity contribution in [3.63, 3.8) is 0 Å². The molecule has 0 bridgehead atoms. The summed E-state index contributed by atoms with van der Waals surface area (Å²) < 4.78 is 28.1. The van der Waals surface area contributed by atoms with Gasteiger partial charge in [-0.15, -0.1) is 0 Å². The van der Waals surface area contributed by atoms with Gasteiger partial charge in [-0.05, 0) is 38.1 Å². The van der Waals surface area contributed by atoms with E-state index in [-0.39, 0.29) is 28.8 Å². The molecule has 1 fully saturated rings. The Balaban J connectivity index is 1.33. The van der Waals surface area contributed by atoms with Crippen molar-refractivity contribution < 1.29 is 18.7 Å². The Morgan fingerprint density at radius 2 is 1.69 bits per heavy atom. The molecule has 2 aromatic carbocycles. The van der Waals surface area contributed by atoms with Gasteiger partial charge in [-0.25, -0.2) is 4.39 Å². The number of aromatic nitrogens is 1. The van der Waals surface area contributed by atoms with Gasteiger partial charge in [-0.1, -0.05) is 24.3 Å². The van der Waals surface area contributed by atoms with E-state index in [1.807, 2.05) is 40.7 Å². The van der Waals surface area contributed by atoms with E-state index >= 15 is 0 Å². The Morgan fingerprint density at radius 1 is 1.00 bits per heavy atom. The van der Waals surface area contributed by atoms with Gasteiger partial charge in [0.1, 0.15) is 18.0 Å². The second-order valence-electron chi connectivity index (χ2n) is 8.95. The molecule has 1 atom stereocenters. The Bertz CT molecular complexity index is 1310. The summed E-state index contributed by atoms with van der Waals surface area (Å²) in [6.45, 7) is 6.31. The van der Waals surface area contributed by atoms with E-state index in [0.29, 0.717) is 62.2 Å². The lowest BCUT2D eigenvalue weighted by molar-refractivity contribution is 0.0731. The van der Waals surface area contributed by atoms with Crippen molar-refractivity contribution in [1.29, 1.82) is 0 Å². The first-order valence-electron chi connectivity index (χ1n) is 11.8. The molecule has 0 radical (unpaired) electrons. The van der Waals surface area contributed by atoms with Crippen LogP contribution in [0, 0.1) is 19.7 Å². The lowest BCUT2D eigenvalue weighted by Crippen LogP contribution is -2.50. The van der Waals surface area contributed by atoms with Gasteiger partial charge in [0, 0.05) is 43.6 Å². The van der Waals surface area contributed by atoms with E-state index in [2.05, 4.69) is 0 Å². The summed E-state index contributed by atoms with van der Waals surface area (Å²) in [6, 6.07) is 15.7. The van der Waals surface area contributed by atoms with Gasteiger partial charge in [0.2, 0.25) is 0 Å². The summed E-state index contributed by atoms with van der Waals surface area (Å²) >= 11 is 0. The Hall–Kier alpha value is -3.81. The third-order valence-corrected chi connectivity index (χ3v) is 6.71. The van der Waals surface area contributed by atoms with Gasteiger partial charge in [0.05, 0.1) is 12.2 Å². The number of ether oxygens (including phenoxy) is 2. The number of halogens is 1. The van der Waals surface area contributed by atoms with Crippen molar-refractivity contribution in [3.05, 3.63) is 87.6 Å². The number of para-hydroxylation sites is 3. The van der Waals surface area contributed by atoms with Crippen LogP contribution in [0.5, 0.6) is 11.5 Å². The van der Waals surface area contributed by atoms with Crippen LogP contribution >= 0.6 is 0 Å². The zero-order valence-electron chi connectivity index (χ0n) is 19.9. The first kappa shape index (κ1) is 23.0. The highest BCUT2D eigenvalue weighted by Crippen LogP contribution is 2.31. The fourth-order valence-electron chi connectivity index (χ4n) is 4.83. The van der Waals surface area contributed by atoms with E-state index < -0.39 is 0 Å². The van der Waals surface area contributed by atoms with Crippen LogP contribution in [-0.2, 0) is 6.54 Å². The van der Waals surface area contributed by atoms with E-state index in [9.17, 15) is 14.0 Å². The molecule has 5 rings (SSSR count). The molecule has 3 heterocycles. The maximum Gasteiger partial charge on any atom is 0.259 e. The predicted octanol–water partition coefficient (Wildman–Crippen LogP) is 3.41. The van der Waals surface area contributed by atoms with Crippen molar-refractivity contribution in [3.8, 4) is 11.5 Å². The van der Waals surface area contributed by atoms with Gasteiger partial charge in [0.25, 0.3) is 5.91 Å².